The van der Waals surface area contributed by atoms with Crippen LogP contribution in [0.15, 0.2) is 18.2 Å². The maximum atomic E-state index is 12.6. The molecule has 1 amide bonds. The van der Waals surface area contributed by atoms with Crippen LogP contribution in [0.25, 0.3) is 10.9 Å². The van der Waals surface area contributed by atoms with Crippen molar-refractivity contribution in [2.24, 2.45) is 0 Å². The van der Waals surface area contributed by atoms with E-state index in [0.717, 1.165) is 16.5 Å². The lowest BCUT2D eigenvalue weighted by molar-refractivity contribution is 0.00338. The highest BCUT2D eigenvalue weighted by Crippen LogP contribution is 2.20. The number of morpholine rings is 1. The minimum Gasteiger partial charge on any atom is -0.377 e. The molecule has 5 heteroatoms. The van der Waals surface area contributed by atoms with E-state index in [-0.39, 0.29) is 11.9 Å². The van der Waals surface area contributed by atoms with E-state index in [4.69, 9.17) is 4.74 Å². The van der Waals surface area contributed by atoms with Gasteiger partial charge in [0.1, 0.15) is 0 Å². The van der Waals surface area contributed by atoms with Crippen LogP contribution < -0.4 is 0 Å². The summed E-state index contributed by atoms with van der Waals surface area (Å²) < 4.78 is 5.36. The van der Waals surface area contributed by atoms with Crippen LogP contribution in [-0.2, 0) is 4.74 Å². The Hall–Kier alpha value is -1.88. The molecule has 1 aliphatic rings. The van der Waals surface area contributed by atoms with Crippen LogP contribution >= 0.6 is 0 Å². The molecule has 2 heterocycles. The first-order chi connectivity index (χ1) is 9.16. The molecule has 1 N–H and O–H groups in total. The number of benzene rings is 1. The summed E-state index contributed by atoms with van der Waals surface area (Å²) in [6, 6.07) is 6.05. The molecule has 2 aromatic rings. The van der Waals surface area contributed by atoms with Gasteiger partial charge < -0.3 is 9.64 Å². The van der Waals surface area contributed by atoms with E-state index >= 15 is 0 Å². The number of H-pyrrole nitrogens is 1. The first-order valence-corrected chi connectivity index (χ1v) is 6.50. The van der Waals surface area contributed by atoms with Gasteiger partial charge in [-0.05, 0) is 26.0 Å². The van der Waals surface area contributed by atoms with Crippen LogP contribution in [0.3, 0.4) is 0 Å². The summed E-state index contributed by atoms with van der Waals surface area (Å²) in [5.74, 6) is -0.0207. The van der Waals surface area contributed by atoms with Crippen molar-refractivity contribution in [1.82, 2.24) is 15.1 Å². The summed E-state index contributed by atoms with van der Waals surface area (Å²) in [6.45, 7) is 5.82. The minimum absolute atomic E-state index is 0.0207. The number of ether oxygens (including phenoxy) is 1. The van der Waals surface area contributed by atoms with Gasteiger partial charge in [-0.1, -0.05) is 11.6 Å². The third kappa shape index (κ3) is 2.10. The van der Waals surface area contributed by atoms with Crippen molar-refractivity contribution in [2.75, 3.05) is 19.8 Å². The number of hydrogen-bond donors (Lipinski definition) is 1. The van der Waals surface area contributed by atoms with Gasteiger partial charge in [-0.15, -0.1) is 0 Å². The Labute approximate surface area is 111 Å². The predicted octanol–water partition coefficient (Wildman–Crippen LogP) is 1.73. The number of aromatic amines is 1. The molecule has 0 bridgehead atoms. The van der Waals surface area contributed by atoms with Crippen LogP contribution in [0, 0.1) is 6.92 Å². The van der Waals surface area contributed by atoms with E-state index in [2.05, 4.69) is 10.2 Å². The molecule has 1 aromatic heterocycles. The van der Waals surface area contributed by atoms with E-state index in [9.17, 15) is 4.79 Å². The highest BCUT2D eigenvalue weighted by atomic mass is 16.5. The molecule has 0 spiro atoms. The molecule has 100 valence electrons. The third-order valence-electron chi connectivity index (χ3n) is 3.55. The first-order valence-electron chi connectivity index (χ1n) is 6.50. The Morgan fingerprint density at radius 1 is 1.53 bits per heavy atom. The molecule has 1 aliphatic heterocycles. The quantitative estimate of drug-likeness (QED) is 0.848. The van der Waals surface area contributed by atoms with Crippen molar-refractivity contribution in [3.05, 3.63) is 29.5 Å². The number of nitrogens with zero attached hydrogens (tertiary/aromatic N) is 2. The number of rotatable bonds is 1. The van der Waals surface area contributed by atoms with Crippen molar-refractivity contribution >= 4 is 16.8 Å². The van der Waals surface area contributed by atoms with Crippen LogP contribution in [0.1, 0.15) is 23.0 Å². The van der Waals surface area contributed by atoms with Crippen molar-refractivity contribution in [3.63, 3.8) is 0 Å². The summed E-state index contributed by atoms with van der Waals surface area (Å²) in [5.41, 5.74) is 2.53. The Balaban J connectivity index is 1.99. The van der Waals surface area contributed by atoms with Gasteiger partial charge >= 0.3 is 0 Å². The zero-order valence-corrected chi connectivity index (χ0v) is 11.1. The Morgan fingerprint density at radius 3 is 3.16 bits per heavy atom. The van der Waals surface area contributed by atoms with Gasteiger partial charge in [-0.25, -0.2) is 0 Å². The predicted molar refractivity (Wildman–Crippen MR) is 72.1 cm³/mol. The second-order valence-electron chi connectivity index (χ2n) is 5.04. The standard InChI is InChI=1S/C14H17N3O2/c1-9-3-4-12-11(7-9)13(16-15-12)14(18)17-5-6-19-8-10(17)2/h3-4,7,10H,5-6,8H2,1-2H3,(H,15,16). The van der Waals surface area contributed by atoms with Gasteiger partial charge in [-0.3, -0.25) is 9.89 Å². The highest BCUT2D eigenvalue weighted by Gasteiger charge is 2.27. The zero-order chi connectivity index (χ0) is 13.4. The lowest BCUT2D eigenvalue weighted by atomic mass is 10.1. The molecule has 1 aromatic carbocycles. The fourth-order valence-corrected chi connectivity index (χ4v) is 2.46. The van der Waals surface area contributed by atoms with Crippen LogP contribution in [0.5, 0.6) is 0 Å². The van der Waals surface area contributed by atoms with Crippen molar-refractivity contribution in [2.45, 2.75) is 19.9 Å². The van der Waals surface area contributed by atoms with Gasteiger partial charge in [0.25, 0.3) is 5.91 Å². The molecule has 1 atom stereocenters. The summed E-state index contributed by atoms with van der Waals surface area (Å²) in [4.78, 5) is 14.4. The second kappa shape index (κ2) is 4.66. The highest BCUT2D eigenvalue weighted by molar-refractivity contribution is 6.04. The Morgan fingerprint density at radius 2 is 2.37 bits per heavy atom. The van der Waals surface area contributed by atoms with Gasteiger partial charge in [0.15, 0.2) is 5.69 Å². The summed E-state index contributed by atoms with van der Waals surface area (Å²) in [6.07, 6.45) is 0. The number of hydrogen-bond acceptors (Lipinski definition) is 3. The fraction of sp³-hybridized carbons (Fsp3) is 0.429. The molecule has 1 fully saturated rings. The smallest absolute Gasteiger partial charge is 0.275 e. The number of aromatic nitrogens is 2. The van der Waals surface area contributed by atoms with Crippen LogP contribution in [-0.4, -0.2) is 46.8 Å². The topological polar surface area (TPSA) is 58.2 Å². The minimum atomic E-state index is -0.0207. The largest absolute Gasteiger partial charge is 0.377 e. The molecule has 0 aliphatic carbocycles. The van der Waals surface area contributed by atoms with Crippen LogP contribution in [0.4, 0.5) is 0 Å². The van der Waals surface area contributed by atoms with Gasteiger partial charge in [-0.2, -0.15) is 5.10 Å². The van der Waals surface area contributed by atoms with E-state index in [1.165, 1.54) is 0 Å². The number of carbonyl (C=O) groups excluding carboxylic acids is 1. The van der Waals surface area contributed by atoms with Crippen molar-refractivity contribution in [3.8, 4) is 0 Å². The Bertz CT molecular complexity index is 620. The average molecular weight is 259 g/mol. The monoisotopic (exact) mass is 259 g/mol. The van der Waals surface area contributed by atoms with Gasteiger partial charge in [0, 0.05) is 11.9 Å². The zero-order valence-electron chi connectivity index (χ0n) is 11.1. The number of nitrogens with one attached hydrogen (secondary N) is 1. The van der Waals surface area contributed by atoms with Gasteiger partial charge in [0.2, 0.25) is 0 Å². The van der Waals surface area contributed by atoms with E-state index in [1.807, 2.05) is 36.9 Å². The summed E-state index contributed by atoms with van der Waals surface area (Å²) in [5, 5.41) is 8.00. The Kier molecular flexibility index (Phi) is 2.98. The maximum Gasteiger partial charge on any atom is 0.275 e. The third-order valence-corrected chi connectivity index (χ3v) is 3.55. The SMILES string of the molecule is Cc1ccc2[nH]nc(C(=O)N3CCOCC3C)c2c1. The lowest BCUT2D eigenvalue weighted by Crippen LogP contribution is -2.47. The molecule has 1 saturated heterocycles. The number of amides is 1. The van der Waals surface area contributed by atoms with E-state index in [1.54, 1.807) is 0 Å². The molecule has 3 rings (SSSR count). The lowest BCUT2D eigenvalue weighted by Gasteiger charge is -2.32. The number of aryl methyl sites for hydroxylation is 1. The molecular formula is C14H17N3O2. The summed E-state index contributed by atoms with van der Waals surface area (Å²) >= 11 is 0. The molecule has 0 saturated carbocycles. The summed E-state index contributed by atoms with van der Waals surface area (Å²) in [7, 11) is 0. The molecule has 19 heavy (non-hydrogen) atoms. The molecule has 0 radical (unpaired) electrons. The maximum absolute atomic E-state index is 12.6. The first kappa shape index (κ1) is 12.2. The second-order valence-corrected chi connectivity index (χ2v) is 5.04. The fourth-order valence-electron chi connectivity index (χ4n) is 2.46. The van der Waals surface area contributed by atoms with Crippen molar-refractivity contribution < 1.29 is 9.53 Å². The van der Waals surface area contributed by atoms with E-state index in [0.29, 0.717) is 25.5 Å². The van der Waals surface area contributed by atoms with Crippen LogP contribution in [0.2, 0.25) is 0 Å². The normalized spacial score (nSPS) is 19.9. The van der Waals surface area contributed by atoms with E-state index < -0.39 is 0 Å². The van der Waals surface area contributed by atoms with Gasteiger partial charge in [0.05, 0.1) is 24.8 Å². The van der Waals surface area contributed by atoms with Crippen molar-refractivity contribution in [1.29, 1.82) is 0 Å². The number of fused-ring (bicyclic) bond motifs is 1. The molecular weight excluding hydrogens is 242 g/mol. The number of carbonyl (C=O) groups is 1. The molecule has 1 unspecified atom stereocenters. The average Bonchev–Trinajstić information content (AvgIpc) is 2.81. The molecule has 5 nitrogen and oxygen atoms in total.